The summed E-state index contributed by atoms with van der Waals surface area (Å²) in [6.45, 7) is 2.54. The van der Waals surface area contributed by atoms with E-state index in [0.717, 1.165) is 5.56 Å². The molecular formula is C14H20N2O4S. The molecule has 7 heteroatoms. The lowest BCUT2D eigenvalue weighted by atomic mass is 10.1. The summed E-state index contributed by atoms with van der Waals surface area (Å²) in [5.74, 6) is -0.647. The SMILES string of the molecule is COC(=O)c1cc(C)ccc1S(=O)(=O)N1CCC(N)CC1. The first-order valence-corrected chi connectivity index (χ1v) is 8.25. The van der Waals surface area contributed by atoms with Crippen LogP contribution < -0.4 is 5.73 Å². The summed E-state index contributed by atoms with van der Waals surface area (Å²) in [6, 6.07) is 4.71. The van der Waals surface area contributed by atoms with Gasteiger partial charge in [-0.1, -0.05) is 11.6 Å². The van der Waals surface area contributed by atoms with Gasteiger partial charge in [0.1, 0.15) is 0 Å². The molecule has 1 aliphatic heterocycles. The fourth-order valence-electron chi connectivity index (χ4n) is 2.39. The summed E-state index contributed by atoms with van der Waals surface area (Å²) in [4.78, 5) is 11.8. The fourth-order valence-corrected chi connectivity index (χ4v) is 4.02. The number of nitrogens with two attached hydrogens (primary N) is 1. The molecule has 6 nitrogen and oxygen atoms in total. The molecule has 0 radical (unpaired) electrons. The molecule has 0 atom stereocenters. The predicted molar refractivity (Wildman–Crippen MR) is 78.5 cm³/mol. The molecule has 1 aliphatic rings. The van der Waals surface area contributed by atoms with Gasteiger partial charge in [-0.15, -0.1) is 0 Å². The van der Waals surface area contributed by atoms with Gasteiger partial charge in [-0.05, 0) is 31.9 Å². The van der Waals surface area contributed by atoms with E-state index in [1.54, 1.807) is 13.0 Å². The van der Waals surface area contributed by atoms with E-state index in [0.29, 0.717) is 25.9 Å². The first-order valence-electron chi connectivity index (χ1n) is 6.81. The van der Waals surface area contributed by atoms with E-state index < -0.39 is 16.0 Å². The van der Waals surface area contributed by atoms with Crippen LogP contribution in [0.15, 0.2) is 23.1 Å². The first kappa shape index (κ1) is 15.9. The van der Waals surface area contributed by atoms with Crippen LogP contribution >= 0.6 is 0 Å². The number of nitrogens with zero attached hydrogens (tertiary/aromatic N) is 1. The van der Waals surface area contributed by atoms with Crippen molar-refractivity contribution in [3.8, 4) is 0 Å². The number of methoxy groups -OCH3 is 1. The van der Waals surface area contributed by atoms with Crippen LogP contribution in [0.1, 0.15) is 28.8 Å². The van der Waals surface area contributed by atoms with E-state index in [9.17, 15) is 13.2 Å². The summed E-state index contributed by atoms with van der Waals surface area (Å²) in [5.41, 5.74) is 6.68. The molecule has 0 saturated carbocycles. The summed E-state index contributed by atoms with van der Waals surface area (Å²) < 4.78 is 31.5. The van der Waals surface area contributed by atoms with Gasteiger partial charge < -0.3 is 10.5 Å². The van der Waals surface area contributed by atoms with Crippen LogP contribution in [0.2, 0.25) is 0 Å². The third-order valence-electron chi connectivity index (χ3n) is 3.66. The maximum atomic E-state index is 12.7. The summed E-state index contributed by atoms with van der Waals surface area (Å²) in [7, 11) is -2.47. The van der Waals surface area contributed by atoms with Crippen LogP contribution in [0.4, 0.5) is 0 Å². The molecule has 1 aromatic carbocycles. The van der Waals surface area contributed by atoms with Crippen molar-refractivity contribution < 1.29 is 17.9 Å². The number of aryl methyl sites for hydroxylation is 1. The van der Waals surface area contributed by atoms with E-state index >= 15 is 0 Å². The highest BCUT2D eigenvalue weighted by molar-refractivity contribution is 7.89. The topological polar surface area (TPSA) is 89.7 Å². The molecule has 0 aliphatic carbocycles. The number of rotatable bonds is 3. The number of hydrogen-bond donors (Lipinski definition) is 1. The van der Waals surface area contributed by atoms with Crippen molar-refractivity contribution in [3.05, 3.63) is 29.3 Å². The minimum Gasteiger partial charge on any atom is -0.465 e. The second-order valence-corrected chi connectivity index (χ2v) is 7.14. The van der Waals surface area contributed by atoms with Gasteiger partial charge in [0.15, 0.2) is 0 Å². The third-order valence-corrected chi connectivity index (χ3v) is 5.61. The van der Waals surface area contributed by atoms with Gasteiger partial charge in [-0.2, -0.15) is 4.31 Å². The monoisotopic (exact) mass is 312 g/mol. The van der Waals surface area contributed by atoms with Crippen molar-refractivity contribution in [2.24, 2.45) is 5.73 Å². The lowest BCUT2D eigenvalue weighted by Gasteiger charge is -2.29. The van der Waals surface area contributed by atoms with Crippen molar-refractivity contribution in [1.82, 2.24) is 4.31 Å². The van der Waals surface area contributed by atoms with E-state index in [2.05, 4.69) is 4.74 Å². The Kier molecular flexibility index (Phi) is 4.65. The molecule has 0 amide bonds. The lowest BCUT2D eigenvalue weighted by molar-refractivity contribution is 0.0596. The average molecular weight is 312 g/mol. The van der Waals surface area contributed by atoms with Crippen LogP contribution in [-0.4, -0.2) is 44.9 Å². The number of ether oxygens (including phenoxy) is 1. The third kappa shape index (κ3) is 3.25. The Morgan fingerprint density at radius 3 is 2.52 bits per heavy atom. The second kappa shape index (κ2) is 6.13. The van der Waals surface area contributed by atoms with Crippen LogP contribution in [-0.2, 0) is 14.8 Å². The number of esters is 1. The Labute approximate surface area is 124 Å². The Morgan fingerprint density at radius 1 is 1.33 bits per heavy atom. The highest BCUT2D eigenvalue weighted by Crippen LogP contribution is 2.24. The van der Waals surface area contributed by atoms with Gasteiger partial charge in [0, 0.05) is 19.1 Å². The maximum absolute atomic E-state index is 12.7. The van der Waals surface area contributed by atoms with Gasteiger partial charge >= 0.3 is 5.97 Å². The van der Waals surface area contributed by atoms with Gasteiger partial charge in [0.2, 0.25) is 10.0 Å². The van der Waals surface area contributed by atoms with Crippen molar-refractivity contribution in [3.63, 3.8) is 0 Å². The molecule has 21 heavy (non-hydrogen) atoms. The fraction of sp³-hybridized carbons (Fsp3) is 0.500. The standard InChI is InChI=1S/C14H20N2O4S/c1-10-3-4-13(12(9-10)14(17)20-2)21(18,19)16-7-5-11(15)6-8-16/h3-4,9,11H,5-8,15H2,1-2H3. The number of carbonyl (C=O) groups is 1. The highest BCUT2D eigenvalue weighted by atomic mass is 32.2. The first-order chi connectivity index (χ1) is 9.86. The number of piperidine rings is 1. The van der Waals surface area contributed by atoms with Crippen molar-refractivity contribution in [1.29, 1.82) is 0 Å². The molecule has 116 valence electrons. The van der Waals surface area contributed by atoms with E-state index in [-0.39, 0.29) is 16.5 Å². The Bertz CT molecular complexity index is 634. The molecule has 1 aromatic rings. The normalized spacial score (nSPS) is 17.7. The number of benzene rings is 1. The number of carbonyl (C=O) groups excluding carboxylic acids is 1. The van der Waals surface area contributed by atoms with E-state index in [4.69, 9.17) is 5.73 Å². The number of sulfonamides is 1. The molecule has 1 fully saturated rings. The molecule has 1 saturated heterocycles. The van der Waals surface area contributed by atoms with Crippen molar-refractivity contribution in [2.75, 3.05) is 20.2 Å². The van der Waals surface area contributed by atoms with Crippen LogP contribution in [0.25, 0.3) is 0 Å². The zero-order chi connectivity index (χ0) is 15.6. The molecule has 0 spiro atoms. The molecule has 0 bridgehead atoms. The second-order valence-electron chi connectivity index (χ2n) is 5.23. The number of hydrogen-bond acceptors (Lipinski definition) is 5. The Hall–Kier alpha value is -1.44. The predicted octanol–water partition coefficient (Wildman–Crippen LogP) is 0.893. The Morgan fingerprint density at radius 2 is 1.95 bits per heavy atom. The van der Waals surface area contributed by atoms with E-state index in [1.807, 2.05) is 0 Å². The molecule has 1 heterocycles. The van der Waals surface area contributed by atoms with E-state index in [1.165, 1.54) is 23.5 Å². The molecular weight excluding hydrogens is 292 g/mol. The van der Waals surface area contributed by atoms with Crippen LogP contribution in [0, 0.1) is 6.92 Å². The van der Waals surface area contributed by atoms with Gasteiger partial charge in [-0.25, -0.2) is 13.2 Å². The molecule has 2 rings (SSSR count). The zero-order valence-electron chi connectivity index (χ0n) is 12.2. The quantitative estimate of drug-likeness (QED) is 0.837. The molecule has 0 aromatic heterocycles. The average Bonchev–Trinajstić information content (AvgIpc) is 2.46. The lowest BCUT2D eigenvalue weighted by Crippen LogP contribution is -2.43. The summed E-state index contributed by atoms with van der Waals surface area (Å²) >= 11 is 0. The molecule has 2 N–H and O–H groups in total. The van der Waals surface area contributed by atoms with Crippen LogP contribution in [0.5, 0.6) is 0 Å². The largest absolute Gasteiger partial charge is 0.465 e. The highest BCUT2D eigenvalue weighted by Gasteiger charge is 2.31. The molecule has 0 unspecified atom stereocenters. The van der Waals surface area contributed by atoms with Crippen LogP contribution in [0.3, 0.4) is 0 Å². The van der Waals surface area contributed by atoms with Crippen molar-refractivity contribution in [2.45, 2.75) is 30.7 Å². The summed E-state index contributed by atoms with van der Waals surface area (Å²) in [5, 5.41) is 0. The van der Waals surface area contributed by atoms with Gasteiger partial charge in [-0.3, -0.25) is 0 Å². The summed E-state index contributed by atoms with van der Waals surface area (Å²) in [6.07, 6.45) is 1.25. The smallest absolute Gasteiger partial charge is 0.339 e. The van der Waals surface area contributed by atoms with Crippen molar-refractivity contribution >= 4 is 16.0 Å². The van der Waals surface area contributed by atoms with Gasteiger partial charge in [0.25, 0.3) is 0 Å². The van der Waals surface area contributed by atoms with Gasteiger partial charge in [0.05, 0.1) is 17.6 Å². The minimum atomic E-state index is -3.71. The zero-order valence-corrected chi connectivity index (χ0v) is 13.0. The maximum Gasteiger partial charge on any atom is 0.339 e. The minimum absolute atomic E-state index is 0.00424. The Balaban J connectivity index is 2.42.